The van der Waals surface area contributed by atoms with Gasteiger partial charge in [0.1, 0.15) is 4.90 Å². The van der Waals surface area contributed by atoms with Crippen LogP contribution >= 0.6 is 23.4 Å². The molecule has 1 aliphatic heterocycles. The summed E-state index contributed by atoms with van der Waals surface area (Å²) in [5.41, 5.74) is -0.912. The summed E-state index contributed by atoms with van der Waals surface area (Å²) in [6.45, 7) is 0.770. The van der Waals surface area contributed by atoms with Crippen LogP contribution in [0.5, 0.6) is 0 Å². The van der Waals surface area contributed by atoms with Crippen molar-refractivity contribution < 1.29 is 13.5 Å². The second kappa shape index (κ2) is 7.08. The van der Waals surface area contributed by atoms with Crippen molar-refractivity contribution in [2.24, 2.45) is 16.0 Å². The molecule has 6 nitrogen and oxygen atoms in total. The first-order chi connectivity index (χ1) is 11.7. The highest BCUT2D eigenvalue weighted by Gasteiger charge is 2.43. The van der Waals surface area contributed by atoms with Gasteiger partial charge in [0, 0.05) is 19.2 Å². The van der Waals surface area contributed by atoms with E-state index >= 15 is 0 Å². The lowest BCUT2D eigenvalue weighted by Crippen LogP contribution is -2.42. The molecule has 0 aromatic heterocycles. The maximum atomic E-state index is 11.7. The van der Waals surface area contributed by atoms with E-state index in [4.69, 9.17) is 16.7 Å². The largest absolute Gasteiger partial charge is 0.366 e. The van der Waals surface area contributed by atoms with E-state index in [1.54, 1.807) is 18.0 Å². The van der Waals surface area contributed by atoms with E-state index in [1.165, 1.54) is 49.6 Å². The van der Waals surface area contributed by atoms with Crippen molar-refractivity contribution in [1.29, 1.82) is 0 Å². The summed E-state index contributed by atoms with van der Waals surface area (Å²) in [7, 11) is -2.20. The quantitative estimate of drug-likeness (QED) is 0.804. The van der Waals surface area contributed by atoms with Crippen molar-refractivity contribution in [2.75, 3.05) is 19.3 Å². The zero-order valence-corrected chi connectivity index (χ0v) is 16.4. The summed E-state index contributed by atoms with van der Waals surface area (Å²) in [5, 5.41) is 17.1. The van der Waals surface area contributed by atoms with Gasteiger partial charge in [-0.3, -0.25) is 4.99 Å². The van der Waals surface area contributed by atoms with Gasteiger partial charge in [0.25, 0.3) is 0 Å². The Balaban J connectivity index is 1.86. The van der Waals surface area contributed by atoms with Crippen LogP contribution in [-0.2, 0) is 15.7 Å². The van der Waals surface area contributed by atoms with Crippen LogP contribution in [0.1, 0.15) is 31.2 Å². The molecular weight excluding hydrogens is 382 g/mol. The van der Waals surface area contributed by atoms with Gasteiger partial charge < -0.3 is 10.0 Å². The number of primary sulfonamides is 1. The maximum Gasteiger partial charge on any atom is 0.239 e. The molecule has 0 amide bonds. The van der Waals surface area contributed by atoms with Gasteiger partial charge in [-0.15, -0.1) is 0 Å². The van der Waals surface area contributed by atoms with Gasteiger partial charge in [0.05, 0.1) is 10.8 Å². The SMILES string of the molecule is CN1C(=NCC2CCCC2)SCC1(O)c1ccc(Cl)c(S(N)(=O)=O)c1. The molecule has 138 valence electrons. The maximum absolute atomic E-state index is 11.7. The molecule has 0 radical (unpaired) electrons. The Labute approximate surface area is 157 Å². The molecule has 3 N–H and O–H groups in total. The third-order valence-corrected chi connectivity index (χ3v) is 7.50. The summed E-state index contributed by atoms with van der Waals surface area (Å²) in [6.07, 6.45) is 4.96. The summed E-state index contributed by atoms with van der Waals surface area (Å²) < 4.78 is 23.4. The lowest BCUT2D eigenvalue weighted by atomic mass is 10.0. The van der Waals surface area contributed by atoms with E-state index in [1.807, 2.05) is 0 Å². The molecule has 1 aliphatic carbocycles. The number of nitrogens with zero attached hydrogens (tertiary/aromatic N) is 2. The number of benzene rings is 1. The van der Waals surface area contributed by atoms with Gasteiger partial charge >= 0.3 is 0 Å². The molecule has 1 atom stereocenters. The Bertz CT molecular complexity index is 794. The van der Waals surface area contributed by atoms with Crippen LogP contribution in [0.15, 0.2) is 28.1 Å². The predicted molar refractivity (Wildman–Crippen MR) is 101 cm³/mol. The van der Waals surface area contributed by atoms with Crippen molar-refractivity contribution in [2.45, 2.75) is 36.3 Å². The van der Waals surface area contributed by atoms with Gasteiger partial charge in [0.15, 0.2) is 10.9 Å². The normalized spacial score (nSPS) is 26.7. The average molecular weight is 404 g/mol. The van der Waals surface area contributed by atoms with Gasteiger partial charge in [-0.2, -0.15) is 0 Å². The van der Waals surface area contributed by atoms with Gasteiger partial charge in [-0.05, 0) is 30.9 Å². The molecular formula is C16H22ClN3O3S2. The minimum absolute atomic E-state index is 0.0401. The van der Waals surface area contributed by atoms with E-state index in [9.17, 15) is 13.5 Å². The number of aliphatic hydroxyl groups is 1. The Morgan fingerprint density at radius 3 is 2.76 bits per heavy atom. The molecule has 2 aliphatic rings. The second-order valence-electron chi connectivity index (χ2n) is 6.63. The fourth-order valence-corrected chi connectivity index (χ4v) is 5.59. The fourth-order valence-electron chi connectivity index (χ4n) is 3.32. The van der Waals surface area contributed by atoms with Gasteiger partial charge in [0.2, 0.25) is 10.0 Å². The first-order valence-electron chi connectivity index (χ1n) is 8.18. The molecule has 1 aromatic rings. The Kier molecular flexibility index (Phi) is 5.37. The molecule has 1 saturated carbocycles. The van der Waals surface area contributed by atoms with Crippen LogP contribution in [0.4, 0.5) is 0 Å². The molecule has 1 aromatic carbocycles. The van der Waals surface area contributed by atoms with E-state index in [0.717, 1.165) is 11.7 Å². The molecule has 3 rings (SSSR count). The average Bonchev–Trinajstić information content (AvgIpc) is 3.15. The summed E-state index contributed by atoms with van der Waals surface area (Å²) in [5.74, 6) is 0.985. The standard InChI is InChI=1S/C16H22ClN3O3S2/c1-20-15(19-9-11-4-2-3-5-11)24-10-16(20,21)12-6-7-13(17)14(8-12)25(18,22)23/h6-8,11,21H,2-5,9-10H2,1H3,(H2,18,22,23). The molecule has 0 bridgehead atoms. The number of sulfonamides is 1. The third-order valence-electron chi connectivity index (χ3n) is 4.90. The number of hydrogen-bond donors (Lipinski definition) is 2. The number of hydrogen-bond acceptors (Lipinski definition) is 5. The molecule has 0 spiro atoms. The number of thioether (sulfide) groups is 1. The van der Waals surface area contributed by atoms with Crippen LogP contribution in [-0.4, -0.2) is 42.9 Å². The first-order valence-corrected chi connectivity index (χ1v) is 11.1. The van der Waals surface area contributed by atoms with Gasteiger partial charge in [-0.1, -0.05) is 42.3 Å². The molecule has 1 heterocycles. The number of nitrogens with two attached hydrogens (primary N) is 1. The Hall–Kier alpha value is -0.800. The van der Waals surface area contributed by atoms with Crippen LogP contribution in [0.25, 0.3) is 0 Å². The topological polar surface area (TPSA) is 96.0 Å². The number of halogens is 1. The van der Waals surface area contributed by atoms with Crippen LogP contribution in [0.2, 0.25) is 5.02 Å². The zero-order valence-electron chi connectivity index (χ0n) is 14.0. The monoisotopic (exact) mass is 403 g/mol. The lowest BCUT2D eigenvalue weighted by Gasteiger charge is -2.31. The Morgan fingerprint density at radius 1 is 1.44 bits per heavy atom. The van der Waals surface area contributed by atoms with Crippen molar-refractivity contribution in [3.05, 3.63) is 28.8 Å². The van der Waals surface area contributed by atoms with Crippen molar-refractivity contribution >= 4 is 38.6 Å². The fraction of sp³-hybridized carbons (Fsp3) is 0.562. The smallest absolute Gasteiger partial charge is 0.239 e. The lowest BCUT2D eigenvalue weighted by molar-refractivity contribution is -0.0350. The summed E-state index contributed by atoms with van der Waals surface area (Å²) in [4.78, 5) is 6.18. The number of amidine groups is 1. The van der Waals surface area contributed by atoms with E-state index in [0.29, 0.717) is 17.2 Å². The third kappa shape index (κ3) is 3.83. The highest BCUT2D eigenvalue weighted by Crippen LogP contribution is 2.39. The number of rotatable bonds is 4. The molecule has 1 unspecified atom stereocenters. The highest BCUT2D eigenvalue weighted by atomic mass is 35.5. The Morgan fingerprint density at radius 2 is 2.12 bits per heavy atom. The molecule has 2 fully saturated rings. The van der Waals surface area contributed by atoms with Crippen LogP contribution < -0.4 is 5.14 Å². The van der Waals surface area contributed by atoms with Crippen molar-refractivity contribution in [1.82, 2.24) is 4.90 Å². The summed E-state index contributed by atoms with van der Waals surface area (Å²) >= 11 is 7.40. The van der Waals surface area contributed by atoms with Crippen LogP contribution in [0.3, 0.4) is 0 Å². The number of aliphatic imine (C=N–C) groups is 1. The minimum atomic E-state index is -3.96. The van der Waals surface area contributed by atoms with Gasteiger partial charge in [-0.25, -0.2) is 13.6 Å². The van der Waals surface area contributed by atoms with Crippen molar-refractivity contribution in [3.63, 3.8) is 0 Å². The summed E-state index contributed by atoms with van der Waals surface area (Å²) in [6, 6.07) is 4.41. The molecule has 25 heavy (non-hydrogen) atoms. The molecule has 1 saturated heterocycles. The highest BCUT2D eigenvalue weighted by molar-refractivity contribution is 8.14. The van der Waals surface area contributed by atoms with E-state index < -0.39 is 15.7 Å². The second-order valence-corrected chi connectivity index (χ2v) is 9.51. The van der Waals surface area contributed by atoms with E-state index in [-0.39, 0.29) is 9.92 Å². The predicted octanol–water partition coefficient (Wildman–Crippen LogP) is 2.36. The van der Waals surface area contributed by atoms with E-state index in [2.05, 4.69) is 4.99 Å². The van der Waals surface area contributed by atoms with Crippen molar-refractivity contribution in [3.8, 4) is 0 Å². The minimum Gasteiger partial charge on any atom is -0.366 e. The first kappa shape index (κ1) is 19.0. The molecule has 9 heteroatoms. The van der Waals surface area contributed by atoms with Crippen LogP contribution in [0, 0.1) is 5.92 Å². The zero-order chi connectivity index (χ0) is 18.2.